The molecule has 0 saturated heterocycles. The Labute approximate surface area is 145 Å². The first-order valence-corrected chi connectivity index (χ1v) is 7.11. The van der Waals surface area contributed by atoms with Crippen LogP contribution in [0.15, 0.2) is 24.3 Å². The van der Waals surface area contributed by atoms with E-state index >= 15 is 0 Å². The third-order valence-corrected chi connectivity index (χ3v) is 3.76. The van der Waals surface area contributed by atoms with Crippen LogP contribution in [-0.4, -0.2) is 17.9 Å². The lowest BCUT2D eigenvalue weighted by atomic mass is 9.98. The van der Waals surface area contributed by atoms with Crippen LogP contribution in [0.4, 0.5) is 0 Å². The van der Waals surface area contributed by atoms with E-state index in [1.165, 1.54) is 0 Å². The predicted molar refractivity (Wildman–Crippen MR) is 93.0 cm³/mol. The summed E-state index contributed by atoms with van der Waals surface area (Å²) >= 11 is 12.2. The summed E-state index contributed by atoms with van der Waals surface area (Å²) in [6, 6.07) is 6.92. The monoisotopic (exact) mass is 359 g/mol. The summed E-state index contributed by atoms with van der Waals surface area (Å²) in [4.78, 5) is 16.1. The number of amides is 1. The molecule has 7 heteroatoms. The molecule has 4 nitrogen and oxygen atoms in total. The first kappa shape index (κ1) is 18.7. The van der Waals surface area contributed by atoms with Gasteiger partial charge in [-0.25, -0.2) is 4.98 Å². The lowest BCUT2D eigenvalue weighted by Gasteiger charge is -2.14. The Kier molecular flexibility index (Phi) is 6.63. The molecule has 0 spiro atoms. The first-order valence-electron chi connectivity index (χ1n) is 6.36. The SMILES string of the molecule is CNC(=O)c1cc(-c2ccc(Cl)cc2Cl)c(CN)c(C)n1.Cl. The number of rotatable bonds is 3. The molecule has 22 heavy (non-hydrogen) atoms. The third-order valence-electron chi connectivity index (χ3n) is 3.22. The van der Waals surface area contributed by atoms with Gasteiger partial charge >= 0.3 is 0 Å². The third kappa shape index (κ3) is 3.70. The minimum atomic E-state index is -0.256. The van der Waals surface area contributed by atoms with Crippen LogP contribution in [0.2, 0.25) is 10.0 Å². The molecule has 0 saturated carbocycles. The summed E-state index contributed by atoms with van der Waals surface area (Å²) in [6.07, 6.45) is 0. The van der Waals surface area contributed by atoms with E-state index in [2.05, 4.69) is 10.3 Å². The zero-order valence-corrected chi connectivity index (χ0v) is 14.4. The molecule has 0 radical (unpaired) electrons. The number of hydrogen-bond donors (Lipinski definition) is 2. The van der Waals surface area contributed by atoms with E-state index in [0.717, 1.165) is 16.7 Å². The van der Waals surface area contributed by atoms with Gasteiger partial charge in [-0.05, 0) is 36.2 Å². The van der Waals surface area contributed by atoms with Gasteiger partial charge in [0.15, 0.2) is 0 Å². The minimum absolute atomic E-state index is 0. The highest BCUT2D eigenvalue weighted by Crippen LogP contribution is 2.33. The van der Waals surface area contributed by atoms with Crippen LogP contribution in [0.3, 0.4) is 0 Å². The van der Waals surface area contributed by atoms with E-state index in [1.807, 2.05) is 13.0 Å². The van der Waals surface area contributed by atoms with Gasteiger partial charge in [-0.1, -0.05) is 29.3 Å². The van der Waals surface area contributed by atoms with Crippen LogP contribution >= 0.6 is 35.6 Å². The fraction of sp³-hybridized carbons (Fsp3) is 0.200. The molecule has 2 aromatic rings. The zero-order valence-electron chi connectivity index (χ0n) is 12.1. The number of benzene rings is 1. The number of aromatic nitrogens is 1. The molecule has 1 heterocycles. The topological polar surface area (TPSA) is 68.0 Å². The maximum absolute atomic E-state index is 11.8. The maximum Gasteiger partial charge on any atom is 0.269 e. The molecule has 0 bridgehead atoms. The second-order valence-electron chi connectivity index (χ2n) is 4.53. The van der Waals surface area contributed by atoms with E-state index < -0.39 is 0 Å². The summed E-state index contributed by atoms with van der Waals surface area (Å²) in [7, 11) is 1.56. The molecule has 0 aliphatic carbocycles. The van der Waals surface area contributed by atoms with Gasteiger partial charge in [0.2, 0.25) is 0 Å². The van der Waals surface area contributed by atoms with Crippen molar-refractivity contribution >= 4 is 41.5 Å². The van der Waals surface area contributed by atoms with Crippen LogP contribution in [0.25, 0.3) is 11.1 Å². The second-order valence-corrected chi connectivity index (χ2v) is 5.37. The molecule has 0 fully saturated rings. The van der Waals surface area contributed by atoms with Crippen LogP contribution < -0.4 is 11.1 Å². The standard InChI is InChI=1S/C15H15Cl2N3O.ClH/c1-8-12(7-18)11(6-14(20-8)15(21)19-2)10-4-3-9(16)5-13(10)17;/h3-6H,7,18H2,1-2H3,(H,19,21);1H. The number of carbonyl (C=O) groups is 1. The Morgan fingerprint density at radius 2 is 1.95 bits per heavy atom. The van der Waals surface area contributed by atoms with Crippen LogP contribution in [-0.2, 0) is 6.54 Å². The van der Waals surface area contributed by atoms with Crippen molar-refractivity contribution in [1.82, 2.24) is 10.3 Å². The number of pyridine rings is 1. The van der Waals surface area contributed by atoms with Crippen molar-refractivity contribution in [2.24, 2.45) is 5.73 Å². The van der Waals surface area contributed by atoms with Crippen LogP contribution in [0.5, 0.6) is 0 Å². The number of nitrogens with two attached hydrogens (primary N) is 1. The normalized spacial score (nSPS) is 10.0. The van der Waals surface area contributed by atoms with Gasteiger partial charge in [0.05, 0.1) is 0 Å². The summed E-state index contributed by atoms with van der Waals surface area (Å²) in [5.41, 5.74) is 9.28. The van der Waals surface area contributed by atoms with E-state index in [4.69, 9.17) is 28.9 Å². The molecular weight excluding hydrogens is 345 g/mol. The van der Waals surface area contributed by atoms with Gasteiger partial charge < -0.3 is 11.1 Å². The molecule has 1 amide bonds. The average molecular weight is 361 g/mol. The molecule has 1 aromatic heterocycles. The highest BCUT2D eigenvalue weighted by Gasteiger charge is 2.16. The molecule has 1 aromatic carbocycles. The molecule has 0 unspecified atom stereocenters. The van der Waals surface area contributed by atoms with Crippen molar-refractivity contribution in [2.75, 3.05) is 7.05 Å². The second kappa shape index (κ2) is 7.79. The van der Waals surface area contributed by atoms with E-state index in [0.29, 0.717) is 28.0 Å². The predicted octanol–water partition coefficient (Wildman–Crippen LogP) is 3.60. The summed E-state index contributed by atoms with van der Waals surface area (Å²) < 4.78 is 0. The number of hydrogen-bond acceptors (Lipinski definition) is 3. The number of nitrogens with one attached hydrogen (secondary N) is 1. The van der Waals surface area contributed by atoms with Crippen molar-refractivity contribution in [3.63, 3.8) is 0 Å². The Balaban J connectivity index is 0.00000242. The van der Waals surface area contributed by atoms with Gasteiger partial charge in [0.25, 0.3) is 5.91 Å². The molecule has 0 aliphatic rings. The minimum Gasteiger partial charge on any atom is -0.354 e. The van der Waals surface area contributed by atoms with Crippen LogP contribution in [0.1, 0.15) is 21.7 Å². The average Bonchev–Trinajstić information content (AvgIpc) is 2.45. The van der Waals surface area contributed by atoms with Crippen molar-refractivity contribution in [1.29, 1.82) is 0 Å². The lowest BCUT2D eigenvalue weighted by molar-refractivity contribution is 0.0958. The van der Waals surface area contributed by atoms with Crippen molar-refractivity contribution in [3.05, 3.63) is 51.3 Å². The highest BCUT2D eigenvalue weighted by atomic mass is 35.5. The molecule has 118 valence electrons. The van der Waals surface area contributed by atoms with Gasteiger partial charge in [0, 0.05) is 34.9 Å². The van der Waals surface area contributed by atoms with E-state index in [9.17, 15) is 4.79 Å². The smallest absolute Gasteiger partial charge is 0.269 e. The van der Waals surface area contributed by atoms with Gasteiger partial charge in [-0.3, -0.25) is 4.79 Å². The summed E-state index contributed by atoms with van der Waals surface area (Å²) in [5, 5.41) is 3.62. The fourth-order valence-electron chi connectivity index (χ4n) is 2.15. The van der Waals surface area contributed by atoms with Crippen molar-refractivity contribution in [2.45, 2.75) is 13.5 Å². The number of carbonyl (C=O) groups excluding carboxylic acids is 1. The Morgan fingerprint density at radius 1 is 1.27 bits per heavy atom. The zero-order chi connectivity index (χ0) is 15.6. The fourth-order valence-corrected chi connectivity index (χ4v) is 2.66. The van der Waals surface area contributed by atoms with Crippen LogP contribution in [0, 0.1) is 6.92 Å². The molecule has 2 rings (SSSR count). The first-order chi connectivity index (χ1) is 9.97. The van der Waals surface area contributed by atoms with Gasteiger partial charge in [-0.2, -0.15) is 0 Å². The van der Waals surface area contributed by atoms with Crippen molar-refractivity contribution in [3.8, 4) is 11.1 Å². The number of aryl methyl sites for hydroxylation is 1. The summed E-state index contributed by atoms with van der Waals surface area (Å²) in [6.45, 7) is 2.13. The highest BCUT2D eigenvalue weighted by molar-refractivity contribution is 6.36. The van der Waals surface area contributed by atoms with Gasteiger partial charge in [0.1, 0.15) is 5.69 Å². The quantitative estimate of drug-likeness (QED) is 0.878. The molecule has 0 atom stereocenters. The Morgan fingerprint density at radius 3 is 2.50 bits per heavy atom. The van der Waals surface area contributed by atoms with E-state index in [1.54, 1.807) is 25.2 Å². The molecule has 0 aliphatic heterocycles. The lowest BCUT2D eigenvalue weighted by Crippen LogP contribution is -2.20. The Hall–Kier alpha value is -1.33. The van der Waals surface area contributed by atoms with Gasteiger partial charge in [-0.15, -0.1) is 12.4 Å². The van der Waals surface area contributed by atoms with E-state index in [-0.39, 0.29) is 18.3 Å². The van der Waals surface area contributed by atoms with Crippen molar-refractivity contribution < 1.29 is 4.79 Å². The molecular formula is C15H16Cl3N3O. The number of nitrogens with zero attached hydrogens (tertiary/aromatic N) is 1. The molecule has 3 N–H and O–H groups in total. The maximum atomic E-state index is 11.8. The summed E-state index contributed by atoms with van der Waals surface area (Å²) in [5.74, 6) is -0.256. The Bertz CT molecular complexity index is 705. The number of halogens is 3. The largest absolute Gasteiger partial charge is 0.354 e.